The van der Waals surface area contributed by atoms with Crippen molar-refractivity contribution in [2.45, 2.75) is 26.8 Å². The molecule has 0 spiro atoms. The first-order valence-electron chi connectivity index (χ1n) is 6.83. The van der Waals surface area contributed by atoms with E-state index in [1.54, 1.807) is 0 Å². The number of aryl methyl sites for hydroxylation is 2. The van der Waals surface area contributed by atoms with Crippen molar-refractivity contribution < 1.29 is 14.4 Å². The number of nitrogens with zero attached hydrogens (tertiary/aromatic N) is 1. The molecule has 1 atom stereocenters. The summed E-state index contributed by atoms with van der Waals surface area (Å²) in [7, 11) is 0. The zero-order valence-corrected chi connectivity index (χ0v) is 12.4. The van der Waals surface area contributed by atoms with Crippen LogP contribution in [0.4, 0.5) is 4.79 Å². The highest BCUT2D eigenvalue weighted by Gasteiger charge is 2.30. The summed E-state index contributed by atoms with van der Waals surface area (Å²) in [5.41, 5.74) is 3.23. The van der Waals surface area contributed by atoms with Crippen LogP contribution in [0, 0.1) is 13.8 Å². The van der Waals surface area contributed by atoms with E-state index in [0.717, 1.165) is 21.6 Å². The van der Waals surface area contributed by atoms with Crippen molar-refractivity contribution >= 4 is 17.8 Å². The lowest BCUT2D eigenvalue weighted by Crippen LogP contribution is -2.41. The van der Waals surface area contributed by atoms with Gasteiger partial charge < -0.3 is 10.6 Å². The van der Waals surface area contributed by atoms with Crippen LogP contribution in [0.1, 0.15) is 29.7 Å². The van der Waals surface area contributed by atoms with Crippen molar-refractivity contribution in [2.24, 2.45) is 0 Å². The Morgan fingerprint density at radius 1 is 1.38 bits per heavy atom. The first-order chi connectivity index (χ1) is 9.88. The number of benzene rings is 1. The first kappa shape index (κ1) is 15.0. The van der Waals surface area contributed by atoms with E-state index >= 15 is 0 Å². The summed E-state index contributed by atoms with van der Waals surface area (Å²) in [5, 5.41) is 5.20. The van der Waals surface area contributed by atoms with Crippen LogP contribution >= 0.6 is 0 Å². The number of carbonyl (C=O) groups excluding carboxylic acids is 3. The van der Waals surface area contributed by atoms with E-state index < -0.39 is 6.03 Å². The van der Waals surface area contributed by atoms with Gasteiger partial charge in [0.15, 0.2) is 0 Å². The van der Waals surface area contributed by atoms with Crippen LogP contribution < -0.4 is 10.6 Å². The normalized spacial score (nSPS) is 15.9. The second-order valence-electron chi connectivity index (χ2n) is 5.29. The molecule has 1 heterocycles. The molecule has 0 radical (unpaired) electrons. The molecule has 0 aromatic heterocycles. The van der Waals surface area contributed by atoms with Crippen molar-refractivity contribution in [1.82, 2.24) is 15.5 Å². The van der Waals surface area contributed by atoms with Gasteiger partial charge >= 0.3 is 6.03 Å². The number of hydrogen-bond donors (Lipinski definition) is 2. The van der Waals surface area contributed by atoms with Gasteiger partial charge in [0.25, 0.3) is 5.91 Å². The van der Waals surface area contributed by atoms with Gasteiger partial charge in [0, 0.05) is 0 Å². The zero-order chi connectivity index (χ0) is 15.6. The third-order valence-corrected chi connectivity index (χ3v) is 3.52. The Hall–Kier alpha value is -2.37. The molecule has 1 aromatic rings. The molecule has 2 N–H and O–H groups in total. The van der Waals surface area contributed by atoms with Gasteiger partial charge in [0.05, 0.1) is 12.6 Å². The summed E-state index contributed by atoms with van der Waals surface area (Å²) in [6.07, 6.45) is 0. The first-order valence-corrected chi connectivity index (χ1v) is 6.83. The largest absolute Gasteiger partial charge is 0.348 e. The monoisotopic (exact) mass is 289 g/mol. The average molecular weight is 289 g/mol. The highest BCUT2D eigenvalue weighted by atomic mass is 16.2. The molecule has 6 nitrogen and oxygen atoms in total. The minimum atomic E-state index is -0.519. The van der Waals surface area contributed by atoms with Crippen LogP contribution in [0.25, 0.3) is 0 Å². The highest BCUT2D eigenvalue weighted by molar-refractivity contribution is 6.04. The van der Waals surface area contributed by atoms with Gasteiger partial charge in [-0.2, -0.15) is 0 Å². The maximum absolute atomic E-state index is 12.0. The lowest BCUT2D eigenvalue weighted by atomic mass is 10.00. The summed E-state index contributed by atoms with van der Waals surface area (Å²) in [6.45, 7) is 5.56. The quantitative estimate of drug-likeness (QED) is 0.813. The number of nitrogens with one attached hydrogen (secondary N) is 2. The fourth-order valence-electron chi connectivity index (χ4n) is 2.35. The number of hydrogen-bond acceptors (Lipinski definition) is 3. The van der Waals surface area contributed by atoms with E-state index in [4.69, 9.17) is 0 Å². The van der Waals surface area contributed by atoms with Crippen LogP contribution in [-0.2, 0) is 9.59 Å². The fraction of sp³-hybridized carbons (Fsp3) is 0.400. The van der Waals surface area contributed by atoms with Gasteiger partial charge in [0.2, 0.25) is 5.91 Å². The predicted molar refractivity (Wildman–Crippen MR) is 77.6 cm³/mol. The highest BCUT2D eigenvalue weighted by Crippen LogP contribution is 2.18. The molecule has 6 heteroatoms. The van der Waals surface area contributed by atoms with Crippen molar-refractivity contribution in [3.8, 4) is 0 Å². The van der Waals surface area contributed by atoms with Crippen LogP contribution in [0.15, 0.2) is 18.2 Å². The van der Waals surface area contributed by atoms with Crippen molar-refractivity contribution in [3.63, 3.8) is 0 Å². The number of amides is 4. The minimum Gasteiger partial charge on any atom is -0.348 e. The van der Waals surface area contributed by atoms with Gasteiger partial charge in [-0.1, -0.05) is 23.8 Å². The molecule has 4 amide bonds. The Morgan fingerprint density at radius 3 is 2.71 bits per heavy atom. The molecule has 1 fully saturated rings. The van der Waals surface area contributed by atoms with Gasteiger partial charge in [-0.25, -0.2) is 4.79 Å². The molecule has 1 aromatic carbocycles. The van der Waals surface area contributed by atoms with E-state index in [0.29, 0.717) is 0 Å². The van der Waals surface area contributed by atoms with E-state index in [1.165, 1.54) is 0 Å². The van der Waals surface area contributed by atoms with Crippen LogP contribution in [-0.4, -0.2) is 35.8 Å². The zero-order valence-electron chi connectivity index (χ0n) is 12.4. The van der Waals surface area contributed by atoms with Crippen LogP contribution in [0.2, 0.25) is 0 Å². The Kier molecular flexibility index (Phi) is 4.26. The Labute approximate surface area is 123 Å². The molecule has 0 aliphatic carbocycles. The second-order valence-corrected chi connectivity index (χ2v) is 5.29. The third kappa shape index (κ3) is 3.39. The summed E-state index contributed by atoms with van der Waals surface area (Å²) >= 11 is 0. The van der Waals surface area contributed by atoms with Crippen LogP contribution in [0.3, 0.4) is 0 Å². The smallest absolute Gasteiger partial charge is 0.325 e. The molecule has 112 valence electrons. The van der Waals surface area contributed by atoms with Gasteiger partial charge in [-0.15, -0.1) is 0 Å². The van der Waals surface area contributed by atoms with E-state index in [1.807, 2.05) is 39.0 Å². The van der Waals surface area contributed by atoms with E-state index in [2.05, 4.69) is 10.6 Å². The van der Waals surface area contributed by atoms with Crippen molar-refractivity contribution in [3.05, 3.63) is 34.9 Å². The molecule has 0 saturated carbocycles. The Bertz CT molecular complexity index is 582. The summed E-state index contributed by atoms with van der Waals surface area (Å²) in [4.78, 5) is 35.7. The molecule has 1 aliphatic heterocycles. The number of imide groups is 1. The molecule has 1 unspecified atom stereocenters. The maximum Gasteiger partial charge on any atom is 0.325 e. The summed E-state index contributed by atoms with van der Waals surface area (Å²) in [5.74, 6) is -0.733. The summed E-state index contributed by atoms with van der Waals surface area (Å²) < 4.78 is 0. The molecular weight excluding hydrogens is 270 g/mol. The topological polar surface area (TPSA) is 78.5 Å². The van der Waals surface area contributed by atoms with Crippen molar-refractivity contribution in [2.75, 3.05) is 13.1 Å². The van der Waals surface area contributed by atoms with E-state index in [9.17, 15) is 14.4 Å². The SMILES string of the molecule is Cc1ccc(C)c(C(C)NC(=O)CN2C(=O)CNC2=O)c1. The number of urea groups is 1. The molecule has 1 saturated heterocycles. The molecule has 1 aliphatic rings. The third-order valence-electron chi connectivity index (χ3n) is 3.52. The van der Waals surface area contributed by atoms with Crippen LogP contribution in [0.5, 0.6) is 0 Å². The summed E-state index contributed by atoms with van der Waals surface area (Å²) in [6, 6.07) is 5.34. The average Bonchev–Trinajstić information content (AvgIpc) is 2.73. The Balaban J connectivity index is 2.00. The van der Waals surface area contributed by atoms with Gasteiger partial charge in [0.1, 0.15) is 6.54 Å². The molecule has 2 rings (SSSR count). The lowest BCUT2D eigenvalue weighted by molar-refractivity contribution is -0.130. The maximum atomic E-state index is 12.0. The fourth-order valence-corrected chi connectivity index (χ4v) is 2.35. The standard InChI is InChI=1S/C15H19N3O3/c1-9-4-5-10(2)12(6-9)11(3)17-13(19)8-18-14(20)7-16-15(18)21/h4-6,11H,7-8H2,1-3H3,(H,16,21)(H,17,19). The van der Waals surface area contributed by atoms with Gasteiger partial charge in [-0.05, 0) is 31.9 Å². The Morgan fingerprint density at radius 2 is 2.10 bits per heavy atom. The predicted octanol–water partition coefficient (Wildman–Crippen LogP) is 1.03. The molecule has 0 bridgehead atoms. The number of carbonyl (C=O) groups is 3. The second kappa shape index (κ2) is 5.95. The molecule has 21 heavy (non-hydrogen) atoms. The molecular formula is C15H19N3O3. The van der Waals surface area contributed by atoms with Gasteiger partial charge in [-0.3, -0.25) is 14.5 Å². The van der Waals surface area contributed by atoms with Crippen molar-refractivity contribution in [1.29, 1.82) is 0 Å². The number of rotatable bonds is 4. The van der Waals surface area contributed by atoms with E-state index in [-0.39, 0.29) is 30.9 Å². The lowest BCUT2D eigenvalue weighted by Gasteiger charge is -2.19. The minimum absolute atomic E-state index is 0.0430.